The van der Waals surface area contributed by atoms with Crippen molar-refractivity contribution in [2.45, 2.75) is 19.4 Å². The highest BCUT2D eigenvalue weighted by molar-refractivity contribution is 14.1. The molecule has 0 radical (unpaired) electrons. The molecule has 1 unspecified atom stereocenters. The first-order chi connectivity index (χ1) is 4.70. The lowest BCUT2D eigenvalue weighted by atomic mass is 10.3. The van der Waals surface area contributed by atoms with Gasteiger partial charge in [-0.25, -0.2) is 0 Å². The van der Waals surface area contributed by atoms with Crippen LogP contribution < -0.4 is 0 Å². The van der Waals surface area contributed by atoms with Crippen LogP contribution in [0.5, 0.6) is 0 Å². The summed E-state index contributed by atoms with van der Waals surface area (Å²) in [6.07, 6.45) is 2.44. The summed E-state index contributed by atoms with van der Waals surface area (Å²) in [4.78, 5) is 10.6. The van der Waals surface area contributed by atoms with Gasteiger partial charge in [0.15, 0.2) is 0 Å². The highest BCUT2D eigenvalue weighted by Crippen LogP contribution is 1.99. The monoisotopic (exact) mass is 254 g/mol. The summed E-state index contributed by atoms with van der Waals surface area (Å²) in [6.45, 7) is 5.39. The van der Waals surface area contributed by atoms with Gasteiger partial charge < -0.3 is 4.74 Å². The Labute approximate surface area is 74.8 Å². The van der Waals surface area contributed by atoms with Gasteiger partial charge in [-0.1, -0.05) is 28.7 Å². The Kier molecular flexibility index (Phi) is 5.67. The Morgan fingerprint density at radius 2 is 2.50 bits per heavy atom. The normalized spacial score (nSPS) is 12.2. The molecule has 0 N–H and O–H groups in total. The Balaban J connectivity index is 3.46. The molecule has 0 aliphatic rings. The van der Waals surface area contributed by atoms with Crippen molar-refractivity contribution < 1.29 is 9.53 Å². The van der Waals surface area contributed by atoms with Crippen molar-refractivity contribution in [2.75, 3.05) is 4.43 Å². The first-order valence-electron chi connectivity index (χ1n) is 3.07. The third-order valence-electron chi connectivity index (χ3n) is 0.940. The van der Waals surface area contributed by atoms with E-state index in [1.54, 1.807) is 6.08 Å². The topological polar surface area (TPSA) is 26.3 Å². The van der Waals surface area contributed by atoms with Gasteiger partial charge >= 0.3 is 5.97 Å². The predicted octanol–water partition coefficient (Wildman–Crippen LogP) is 1.93. The predicted molar refractivity (Wildman–Crippen MR) is 49.3 cm³/mol. The van der Waals surface area contributed by atoms with Crippen LogP contribution in [0, 0.1) is 0 Å². The summed E-state index contributed by atoms with van der Waals surface area (Å²) in [6, 6.07) is 0. The van der Waals surface area contributed by atoms with Crippen LogP contribution in [0.25, 0.3) is 0 Å². The van der Waals surface area contributed by atoms with E-state index in [1.165, 1.54) is 0 Å². The highest BCUT2D eigenvalue weighted by Gasteiger charge is 2.04. The number of hydrogen-bond acceptors (Lipinski definition) is 2. The lowest BCUT2D eigenvalue weighted by molar-refractivity contribution is -0.144. The van der Waals surface area contributed by atoms with E-state index < -0.39 is 0 Å². The van der Waals surface area contributed by atoms with E-state index in [4.69, 9.17) is 4.74 Å². The molecule has 0 aliphatic heterocycles. The standard InChI is InChI=1S/C7H11IO2/c1-3-4-6(2)10-7(9)5-8/h3,6H,1,4-5H2,2H3. The number of hydrogen-bond donors (Lipinski definition) is 0. The SMILES string of the molecule is C=CCC(C)OC(=O)CI. The van der Waals surface area contributed by atoms with Crippen molar-refractivity contribution in [1.29, 1.82) is 0 Å². The fourth-order valence-corrected chi connectivity index (χ4v) is 0.719. The van der Waals surface area contributed by atoms with E-state index in [-0.39, 0.29) is 12.1 Å². The second kappa shape index (κ2) is 5.70. The first kappa shape index (κ1) is 9.94. The van der Waals surface area contributed by atoms with Crippen LogP contribution in [0.15, 0.2) is 12.7 Å². The maximum Gasteiger partial charge on any atom is 0.316 e. The highest BCUT2D eigenvalue weighted by atomic mass is 127. The van der Waals surface area contributed by atoms with Crippen molar-refractivity contribution >= 4 is 28.6 Å². The second-order valence-corrected chi connectivity index (χ2v) is 2.72. The second-order valence-electron chi connectivity index (χ2n) is 1.96. The zero-order chi connectivity index (χ0) is 7.98. The number of ether oxygens (including phenoxy) is 1. The summed E-state index contributed by atoms with van der Waals surface area (Å²) in [5.74, 6) is -0.157. The van der Waals surface area contributed by atoms with E-state index in [2.05, 4.69) is 6.58 Å². The number of carbonyl (C=O) groups excluding carboxylic acids is 1. The van der Waals surface area contributed by atoms with Gasteiger partial charge in [0.05, 0.1) is 4.43 Å². The van der Waals surface area contributed by atoms with Crippen molar-refractivity contribution in [3.63, 3.8) is 0 Å². The molecule has 0 saturated heterocycles. The average Bonchev–Trinajstić information content (AvgIpc) is 1.88. The zero-order valence-electron chi connectivity index (χ0n) is 5.97. The molecule has 0 aromatic rings. The lowest BCUT2D eigenvalue weighted by Gasteiger charge is -2.08. The molecular weight excluding hydrogens is 243 g/mol. The zero-order valence-corrected chi connectivity index (χ0v) is 8.13. The van der Waals surface area contributed by atoms with Crippen molar-refractivity contribution in [3.05, 3.63) is 12.7 Å². The minimum absolute atomic E-state index is 0.0280. The van der Waals surface area contributed by atoms with Gasteiger partial charge in [-0.3, -0.25) is 4.79 Å². The van der Waals surface area contributed by atoms with Gasteiger partial charge in [0.2, 0.25) is 0 Å². The number of rotatable bonds is 4. The fourth-order valence-electron chi connectivity index (χ4n) is 0.539. The van der Waals surface area contributed by atoms with E-state index in [9.17, 15) is 4.79 Å². The van der Waals surface area contributed by atoms with Gasteiger partial charge in [0.25, 0.3) is 0 Å². The Morgan fingerprint density at radius 1 is 1.90 bits per heavy atom. The van der Waals surface area contributed by atoms with Crippen molar-refractivity contribution in [2.24, 2.45) is 0 Å². The van der Waals surface area contributed by atoms with E-state index in [1.807, 2.05) is 29.5 Å². The molecule has 2 nitrogen and oxygen atoms in total. The van der Waals surface area contributed by atoms with E-state index >= 15 is 0 Å². The van der Waals surface area contributed by atoms with Gasteiger partial charge in [-0.15, -0.1) is 6.58 Å². The van der Waals surface area contributed by atoms with Gasteiger partial charge in [-0.2, -0.15) is 0 Å². The van der Waals surface area contributed by atoms with E-state index in [0.717, 1.165) is 6.42 Å². The number of halogens is 1. The molecule has 10 heavy (non-hydrogen) atoms. The third kappa shape index (κ3) is 4.78. The van der Waals surface area contributed by atoms with Gasteiger partial charge in [-0.05, 0) is 6.92 Å². The third-order valence-corrected chi connectivity index (χ3v) is 1.56. The van der Waals surface area contributed by atoms with Crippen LogP contribution in [0.2, 0.25) is 0 Å². The Bertz CT molecular complexity index is 123. The quantitative estimate of drug-likeness (QED) is 0.331. The molecule has 0 aliphatic carbocycles. The Hall–Kier alpha value is -0.0600. The van der Waals surface area contributed by atoms with Gasteiger partial charge in [0.1, 0.15) is 6.10 Å². The largest absolute Gasteiger partial charge is 0.462 e. The molecule has 1 atom stereocenters. The van der Waals surface area contributed by atoms with Crippen LogP contribution in [-0.2, 0) is 9.53 Å². The molecule has 0 aromatic heterocycles. The molecule has 58 valence electrons. The number of alkyl halides is 1. The fraction of sp³-hybridized carbons (Fsp3) is 0.571. The average molecular weight is 254 g/mol. The maximum absolute atomic E-state index is 10.6. The summed E-state index contributed by atoms with van der Waals surface area (Å²) in [5.41, 5.74) is 0. The minimum Gasteiger partial charge on any atom is -0.462 e. The maximum atomic E-state index is 10.6. The number of esters is 1. The molecule has 3 heteroatoms. The molecule has 0 saturated carbocycles. The molecule has 0 heterocycles. The summed E-state index contributed by atoms with van der Waals surface area (Å²) in [5, 5.41) is 0. The molecular formula is C7H11IO2. The minimum atomic E-state index is -0.157. The Morgan fingerprint density at radius 3 is 2.90 bits per heavy atom. The van der Waals surface area contributed by atoms with Crippen LogP contribution in [0.1, 0.15) is 13.3 Å². The first-order valence-corrected chi connectivity index (χ1v) is 4.59. The lowest BCUT2D eigenvalue weighted by Crippen LogP contribution is -2.14. The number of carbonyl (C=O) groups is 1. The van der Waals surface area contributed by atoms with Crippen molar-refractivity contribution in [1.82, 2.24) is 0 Å². The summed E-state index contributed by atoms with van der Waals surface area (Å²) in [7, 11) is 0. The molecule has 0 amide bonds. The molecule has 0 spiro atoms. The van der Waals surface area contributed by atoms with E-state index in [0.29, 0.717) is 4.43 Å². The molecule has 0 bridgehead atoms. The molecule has 0 aromatic carbocycles. The van der Waals surface area contributed by atoms with Crippen LogP contribution >= 0.6 is 22.6 Å². The summed E-state index contributed by atoms with van der Waals surface area (Å²) < 4.78 is 5.34. The molecule has 0 fully saturated rings. The van der Waals surface area contributed by atoms with Crippen LogP contribution in [-0.4, -0.2) is 16.5 Å². The van der Waals surface area contributed by atoms with Crippen LogP contribution in [0.4, 0.5) is 0 Å². The van der Waals surface area contributed by atoms with Crippen molar-refractivity contribution in [3.8, 4) is 0 Å². The van der Waals surface area contributed by atoms with Crippen LogP contribution in [0.3, 0.4) is 0 Å². The smallest absolute Gasteiger partial charge is 0.316 e. The van der Waals surface area contributed by atoms with Gasteiger partial charge in [0, 0.05) is 6.42 Å². The molecule has 0 rings (SSSR count). The summed E-state index contributed by atoms with van der Waals surface area (Å²) >= 11 is 1.97.